The molecule has 0 unspecified atom stereocenters. The van der Waals surface area contributed by atoms with Gasteiger partial charge >= 0.3 is 0 Å². The topological polar surface area (TPSA) is 84.0 Å². The first-order chi connectivity index (χ1) is 11.7. The molecule has 2 aromatic heterocycles. The van der Waals surface area contributed by atoms with Gasteiger partial charge in [-0.1, -0.05) is 6.42 Å². The summed E-state index contributed by atoms with van der Waals surface area (Å²) in [7, 11) is 0. The summed E-state index contributed by atoms with van der Waals surface area (Å²) in [6, 6.07) is 7.17. The molecule has 0 saturated heterocycles. The van der Waals surface area contributed by atoms with Gasteiger partial charge < -0.3 is 10.6 Å². The summed E-state index contributed by atoms with van der Waals surface area (Å²) < 4.78 is 0. The molecule has 2 atom stereocenters. The zero-order valence-electron chi connectivity index (χ0n) is 13.3. The third-order valence-corrected chi connectivity index (χ3v) is 4.27. The second-order valence-electron chi connectivity index (χ2n) is 6.02. The van der Waals surface area contributed by atoms with E-state index in [1.807, 2.05) is 0 Å². The van der Waals surface area contributed by atoms with E-state index in [4.69, 9.17) is 0 Å². The molecule has 2 N–H and O–H groups in total. The Bertz CT molecular complexity index is 631. The maximum Gasteiger partial charge on any atom is 0.227 e. The van der Waals surface area contributed by atoms with E-state index in [1.165, 1.54) is 0 Å². The minimum atomic E-state index is -0.149. The average molecular weight is 324 g/mol. The highest BCUT2D eigenvalue weighted by molar-refractivity contribution is 5.95. The van der Waals surface area contributed by atoms with Gasteiger partial charge in [-0.25, -0.2) is 0 Å². The first-order valence-corrected chi connectivity index (χ1v) is 8.14. The first-order valence-electron chi connectivity index (χ1n) is 8.14. The summed E-state index contributed by atoms with van der Waals surface area (Å²) in [4.78, 5) is 32.8. The molecule has 2 heterocycles. The fourth-order valence-electron chi connectivity index (χ4n) is 3.03. The van der Waals surface area contributed by atoms with Crippen molar-refractivity contribution in [3.05, 3.63) is 49.1 Å². The van der Waals surface area contributed by atoms with Gasteiger partial charge in [-0.05, 0) is 43.5 Å². The van der Waals surface area contributed by atoms with Gasteiger partial charge in [-0.3, -0.25) is 19.6 Å². The van der Waals surface area contributed by atoms with Crippen molar-refractivity contribution in [2.45, 2.75) is 25.7 Å². The molecular formula is C18H20N4O2. The molecule has 0 spiro atoms. The Morgan fingerprint density at radius 2 is 1.38 bits per heavy atom. The van der Waals surface area contributed by atoms with Gasteiger partial charge in [0.2, 0.25) is 11.8 Å². The van der Waals surface area contributed by atoms with E-state index in [9.17, 15) is 9.59 Å². The molecule has 0 aliphatic heterocycles. The number of rotatable bonds is 4. The maximum absolute atomic E-state index is 12.4. The third-order valence-electron chi connectivity index (χ3n) is 4.27. The van der Waals surface area contributed by atoms with Crippen molar-refractivity contribution < 1.29 is 9.59 Å². The van der Waals surface area contributed by atoms with E-state index in [0.717, 1.165) is 19.3 Å². The number of hydrogen-bond acceptors (Lipinski definition) is 4. The minimum absolute atomic E-state index is 0.0399. The normalized spacial score (nSPS) is 20.2. The van der Waals surface area contributed by atoms with Gasteiger partial charge in [0, 0.05) is 24.2 Å². The van der Waals surface area contributed by atoms with Crippen molar-refractivity contribution in [1.29, 1.82) is 0 Å². The summed E-state index contributed by atoms with van der Waals surface area (Å²) in [5.74, 6) is -0.379. The van der Waals surface area contributed by atoms with Crippen LogP contribution in [0, 0.1) is 11.8 Å². The number of anilines is 2. The van der Waals surface area contributed by atoms with Crippen molar-refractivity contribution in [1.82, 2.24) is 9.97 Å². The van der Waals surface area contributed by atoms with Crippen molar-refractivity contribution >= 4 is 23.2 Å². The molecule has 1 saturated carbocycles. The monoisotopic (exact) mass is 324 g/mol. The van der Waals surface area contributed by atoms with Crippen LogP contribution in [-0.2, 0) is 9.59 Å². The van der Waals surface area contributed by atoms with Crippen molar-refractivity contribution in [3.8, 4) is 0 Å². The molecule has 3 rings (SSSR count). The second kappa shape index (κ2) is 7.68. The molecule has 0 radical (unpaired) electrons. The lowest BCUT2D eigenvalue weighted by Crippen LogP contribution is -2.33. The molecule has 6 heteroatoms. The predicted octanol–water partition coefficient (Wildman–Crippen LogP) is 2.86. The Morgan fingerprint density at radius 1 is 0.875 bits per heavy atom. The standard InChI is InChI=1S/C18H20N4O2/c23-17(21-15-6-2-8-19-11-15)13-4-1-5-14(10-13)18(24)22-16-7-3-9-20-12-16/h2-3,6-9,11-14H,1,4-5,10H2,(H,21,23)(H,22,24)/t13-,14+. The highest BCUT2D eigenvalue weighted by atomic mass is 16.2. The zero-order valence-corrected chi connectivity index (χ0v) is 13.3. The Labute approximate surface area is 140 Å². The predicted molar refractivity (Wildman–Crippen MR) is 91.2 cm³/mol. The Morgan fingerprint density at radius 3 is 1.79 bits per heavy atom. The summed E-state index contributed by atoms with van der Waals surface area (Å²) in [6.07, 6.45) is 9.62. The van der Waals surface area contributed by atoms with Gasteiger partial charge in [-0.2, -0.15) is 0 Å². The van der Waals surface area contributed by atoms with Gasteiger partial charge in [0.15, 0.2) is 0 Å². The highest BCUT2D eigenvalue weighted by Crippen LogP contribution is 2.30. The molecule has 1 aliphatic carbocycles. The van der Waals surface area contributed by atoms with Crippen LogP contribution in [0.25, 0.3) is 0 Å². The summed E-state index contributed by atoms with van der Waals surface area (Å²) in [5.41, 5.74) is 1.37. The van der Waals surface area contributed by atoms with Crippen LogP contribution in [0.2, 0.25) is 0 Å². The van der Waals surface area contributed by atoms with Gasteiger partial charge in [-0.15, -0.1) is 0 Å². The fraction of sp³-hybridized carbons (Fsp3) is 0.333. The molecule has 1 aliphatic rings. The summed E-state index contributed by atoms with van der Waals surface area (Å²) in [6.45, 7) is 0. The minimum Gasteiger partial charge on any atom is -0.324 e. The van der Waals surface area contributed by atoms with E-state index in [2.05, 4.69) is 20.6 Å². The molecule has 2 aromatic rings. The van der Waals surface area contributed by atoms with Crippen LogP contribution in [0.3, 0.4) is 0 Å². The Hall–Kier alpha value is -2.76. The molecule has 0 aromatic carbocycles. The van der Waals surface area contributed by atoms with Gasteiger partial charge in [0.1, 0.15) is 0 Å². The fourth-order valence-corrected chi connectivity index (χ4v) is 3.03. The number of aromatic nitrogens is 2. The maximum atomic E-state index is 12.4. The van der Waals surface area contributed by atoms with E-state index in [0.29, 0.717) is 17.8 Å². The Balaban J connectivity index is 1.57. The van der Waals surface area contributed by atoms with Gasteiger partial charge in [0.05, 0.1) is 23.8 Å². The number of nitrogens with one attached hydrogen (secondary N) is 2. The number of pyridine rings is 2. The lowest BCUT2D eigenvalue weighted by Gasteiger charge is -2.27. The largest absolute Gasteiger partial charge is 0.324 e. The molecule has 124 valence electrons. The van der Waals surface area contributed by atoms with Crippen molar-refractivity contribution in [3.63, 3.8) is 0 Å². The highest BCUT2D eigenvalue weighted by Gasteiger charge is 2.31. The van der Waals surface area contributed by atoms with Crippen LogP contribution in [0.4, 0.5) is 11.4 Å². The number of nitrogens with zero attached hydrogens (tertiary/aromatic N) is 2. The zero-order chi connectivity index (χ0) is 16.8. The molecule has 2 amide bonds. The lowest BCUT2D eigenvalue weighted by molar-refractivity contribution is -0.124. The van der Waals surface area contributed by atoms with E-state index in [-0.39, 0.29) is 23.7 Å². The average Bonchev–Trinajstić information content (AvgIpc) is 2.63. The van der Waals surface area contributed by atoms with Crippen LogP contribution in [0.5, 0.6) is 0 Å². The molecule has 24 heavy (non-hydrogen) atoms. The second-order valence-corrected chi connectivity index (χ2v) is 6.02. The van der Waals surface area contributed by atoms with Crippen LogP contribution in [0.15, 0.2) is 49.1 Å². The quantitative estimate of drug-likeness (QED) is 0.906. The number of amides is 2. The smallest absolute Gasteiger partial charge is 0.227 e. The van der Waals surface area contributed by atoms with Crippen LogP contribution < -0.4 is 10.6 Å². The molecule has 1 fully saturated rings. The summed E-state index contributed by atoms with van der Waals surface area (Å²) >= 11 is 0. The number of hydrogen-bond donors (Lipinski definition) is 2. The van der Waals surface area contributed by atoms with Crippen molar-refractivity contribution in [2.75, 3.05) is 10.6 Å². The summed E-state index contributed by atoms with van der Waals surface area (Å²) in [5, 5.41) is 5.76. The molecular weight excluding hydrogens is 304 g/mol. The molecule has 0 bridgehead atoms. The first kappa shape index (κ1) is 16.1. The van der Waals surface area contributed by atoms with Crippen molar-refractivity contribution in [2.24, 2.45) is 11.8 Å². The van der Waals surface area contributed by atoms with E-state index >= 15 is 0 Å². The SMILES string of the molecule is O=C(Nc1cccnc1)[C@@H]1CCC[C@H](C(=O)Nc2cccnc2)C1. The van der Waals surface area contributed by atoms with Crippen LogP contribution in [0.1, 0.15) is 25.7 Å². The van der Waals surface area contributed by atoms with Crippen LogP contribution in [-0.4, -0.2) is 21.8 Å². The number of carbonyl (C=O) groups excluding carboxylic acids is 2. The third kappa shape index (κ3) is 4.16. The van der Waals surface area contributed by atoms with E-state index in [1.54, 1.807) is 49.1 Å². The Kier molecular flexibility index (Phi) is 5.15. The van der Waals surface area contributed by atoms with Crippen LogP contribution >= 0.6 is 0 Å². The van der Waals surface area contributed by atoms with Gasteiger partial charge in [0.25, 0.3) is 0 Å². The van der Waals surface area contributed by atoms with E-state index < -0.39 is 0 Å². The molecule has 6 nitrogen and oxygen atoms in total. The lowest BCUT2D eigenvalue weighted by atomic mass is 9.80. The number of carbonyl (C=O) groups is 2.